The number of carbonyl (C=O) groups excluding carboxylic acids is 1. The molecule has 2 rings (SSSR count). The SMILES string of the molecule is CC(=O)N(CCNS(=O)(=O)c1cccc(Cl)c1)c1ccc(F)cc1F. The molecule has 25 heavy (non-hydrogen) atoms. The summed E-state index contributed by atoms with van der Waals surface area (Å²) in [5, 5.41) is 0.265. The first-order valence-electron chi connectivity index (χ1n) is 7.19. The van der Waals surface area contributed by atoms with Gasteiger partial charge in [-0.05, 0) is 30.3 Å². The van der Waals surface area contributed by atoms with E-state index in [-0.39, 0.29) is 28.7 Å². The first kappa shape index (κ1) is 19.3. The van der Waals surface area contributed by atoms with Gasteiger partial charge in [0.05, 0.1) is 10.6 Å². The molecule has 9 heteroatoms. The molecular weight excluding hydrogens is 374 g/mol. The van der Waals surface area contributed by atoms with Gasteiger partial charge in [0, 0.05) is 31.1 Å². The summed E-state index contributed by atoms with van der Waals surface area (Å²) in [4.78, 5) is 12.7. The van der Waals surface area contributed by atoms with Crippen LogP contribution in [-0.2, 0) is 14.8 Å². The third kappa shape index (κ3) is 4.97. The van der Waals surface area contributed by atoms with Crippen molar-refractivity contribution in [2.45, 2.75) is 11.8 Å². The molecule has 0 spiro atoms. The molecule has 0 bridgehead atoms. The third-order valence-electron chi connectivity index (χ3n) is 3.31. The summed E-state index contributed by atoms with van der Waals surface area (Å²) < 4.78 is 53.5. The fraction of sp³-hybridized carbons (Fsp3) is 0.188. The van der Waals surface area contributed by atoms with Crippen LogP contribution in [0.2, 0.25) is 5.02 Å². The summed E-state index contributed by atoms with van der Waals surface area (Å²) in [7, 11) is -3.83. The van der Waals surface area contributed by atoms with Gasteiger partial charge in [0.15, 0.2) is 0 Å². The van der Waals surface area contributed by atoms with Crippen LogP contribution < -0.4 is 9.62 Å². The van der Waals surface area contributed by atoms with Gasteiger partial charge in [-0.1, -0.05) is 17.7 Å². The molecule has 2 aromatic carbocycles. The number of hydrogen-bond acceptors (Lipinski definition) is 3. The van der Waals surface area contributed by atoms with Crippen molar-refractivity contribution in [3.05, 3.63) is 59.1 Å². The predicted molar refractivity (Wildman–Crippen MR) is 91.0 cm³/mol. The van der Waals surface area contributed by atoms with Crippen LogP contribution in [0, 0.1) is 11.6 Å². The van der Waals surface area contributed by atoms with Gasteiger partial charge in [0.25, 0.3) is 0 Å². The van der Waals surface area contributed by atoms with E-state index in [0.717, 1.165) is 17.0 Å². The van der Waals surface area contributed by atoms with Gasteiger partial charge in [-0.15, -0.1) is 0 Å². The second kappa shape index (κ2) is 7.90. The fourth-order valence-electron chi connectivity index (χ4n) is 2.16. The van der Waals surface area contributed by atoms with E-state index in [1.165, 1.54) is 31.2 Å². The lowest BCUT2D eigenvalue weighted by molar-refractivity contribution is -0.116. The Kier molecular flexibility index (Phi) is 6.10. The van der Waals surface area contributed by atoms with Gasteiger partial charge in [-0.25, -0.2) is 21.9 Å². The lowest BCUT2D eigenvalue weighted by Gasteiger charge is -2.22. The Bertz CT molecular complexity index is 891. The van der Waals surface area contributed by atoms with Crippen LogP contribution in [0.15, 0.2) is 47.4 Å². The molecule has 134 valence electrons. The number of carbonyl (C=O) groups is 1. The number of nitrogens with one attached hydrogen (secondary N) is 1. The Balaban J connectivity index is 2.11. The van der Waals surface area contributed by atoms with Crippen molar-refractivity contribution in [2.75, 3.05) is 18.0 Å². The smallest absolute Gasteiger partial charge is 0.240 e. The summed E-state index contributed by atoms with van der Waals surface area (Å²) >= 11 is 5.77. The van der Waals surface area contributed by atoms with E-state index < -0.39 is 27.6 Å². The molecule has 5 nitrogen and oxygen atoms in total. The summed E-state index contributed by atoms with van der Waals surface area (Å²) in [6.45, 7) is 0.914. The average Bonchev–Trinajstić information content (AvgIpc) is 2.52. The predicted octanol–water partition coefficient (Wildman–Crippen LogP) is 2.95. The van der Waals surface area contributed by atoms with Crippen molar-refractivity contribution in [2.24, 2.45) is 0 Å². The number of rotatable bonds is 6. The Morgan fingerprint density at radius 2 is 1.92 bits per heavy atom. The van der Waals surface area contributed by atoms with Gasteiger partial charge in [-0.3, -0.25) is 4.79 Å². The fourth-order valence-corrected chi connectivity index (χ4v) is 3.48. The van der Waals surface area contributed by atoms with E-state index in [2.05, 4.69) is 4.72 Å². The summed E-state index contributed by atoms with van der Waals surface area (Å²) in [6.07, 6.45) is 0. The number of sulfonamides is 1. The highest BCUT2D eigenvalue weighted by molar-refractivity contribution is 7.89. The molecule has 0 heterocycles. The van der Waals surface area contributed by atoms with Crippen LogP contribution in [0.5, 0.6) is 0 Å². The van der Waals surface area contributed by atoms with Crippen molar-refractivity contribution < 1.29 is 22.0 Å². The minimum absolute atomic E-state index is 0.0256. The molecule has 1 N–H and O–H groups in total. The van der Waals surface area contributed by atoms with Crippen molar-refractivity contribution in [3.8, 4) is 0 Å². The number of hydrogen-bond donors (Lipinski definition) is 1. The zero-order valence-corrected chi connectivity index (χ0v) is 14.7. The minimum atomic E-state index is -3.83. The molecule has 0 atom stereocenters. The standard InChI is InChI=1S/C16H15ClF2N2O3S/c1-11(22)21(16-6-5-13(18)10-15(16)19)8-7-20-25(23,24)14-4-2-3-12(17)9-14/h2-6,9-10,20H,7-8H2,1H3. The Hall–Kier alpha value is -2.03. The number of anilines is 1. The molecule has 0 aromatic heterocycles. The molecule has 0 radical (unpaired) electrons. The lowest BCUT2D eigenvalue weighted by atomic mass is 10.2. The zero-order chi connectivity index (χ0) is 18.6. The second-order valence-corrected chi connectivity index (χ2v) is 7.32. The monoisotopic (exact) mass is 388 g/mol. The molecule has 0 aliphatic rings. The van der Waals surface area contributed by atoms with Gasteiger partial charge in [0.2, 0.25) is 15.9 Å². The molecule has 0 saturated carbocycles. The normalized spacial score (nSPS) is 11.4. The maximum Gasteiger partial charge on any atom is 0.240 e. The molecule has 0 saturated heterocycles. The van der Waals surface area contributed by atoms with Gasteiger partial charge < -0.3 is 4.90 Å². The first-order chi connectivity index (χ1) is 11.7. The van der Waals surface area contributed by atoms with Crippen LogP contribution >= 0.6 is 11.6 Å². The molecule has 0 aliphatic carbocycles. The second-order valence-electron chi connectivity index (χ2n) is 5.12. The molecule has 1 amide bonds. The third-order valence-corrected chi connectivity index (χ3v) is 5.01. The van der Waals surface area contributed by atoms with E-state index >= 15 is 0 Å². The molecular formula is C16H15ClF2N2O3S. The highest BCUT2D eigenvalue weighted by atomic mass is 35.5. The van der Waals surface area contributed by atoms with Crippen molar-refractivity contribution in [3.63, 3.8) is 0 Å². The van der Waals surface area contributed by atoms with Crippen molar-refractivity contribution in [1.82, 2.24) is 4.72 Å². The first-order valence-corrected chi connectivity index (χ1v) is 9.05. The molecule has 0 fully saturated rings. The van der Waals surface area contributed by atoms with E-state index in [4.69, 9.17) is 11.6 Å². The topological polar surface area (TPSA) is 66.5 Å². The van der Waals surface area contributed by atoms with Crippen LogP contribution in [-0.4, -0.2) is 27.4 Å². The highest BCUT2D eigenvalue weighted by Crippen LogP contribution is 2.20. The Labute approximate surface area is 149 Å². The quantitative estimate of drug-likeness (QED) is 0.827. The largest absolute Gasteiger partial charge is 0.309 e. The maximum atomic E-state index is 13.8. The lowest BCUT2D eigenvalue weighted by Crippen LogP contribution is -2.38. The summed E-state index contributed by atoms with van der Waals surface area (Å²) in [5.41, 5.74) is -0.129. The van der Waals surface area contributed by atoms with Gasteiger partial charge in [0.1, 0.15) is 11.6 Å². The Morgan fingerprint density at radius 3 is 2.52 bits per heavy atom. The van der Waals surface area contributed by atoms with Crippen LogP contribution in [0.3, 0.4) is 0 Å². The van der Waals surface area contributed by atoms with Gasteiger partial charge in [-0.2, -0.15) is 0 Å². The zero-order valence-electron chi connectivity index (χ0n) is 13.2. The van der Waals surface area contributed by atoms with E-state index in [9.17, 15) is 22.0 Å². The van der Waals surface area contributed by atoms with Crippen LogP contribution in [0.4, 0.5) is 14.5 Å². The maximum absolute atomic E-state index is 13.8. The summed E-state index contributed by atoms with van der Waals surface area (Å²) in [5.74, 6) is -2.19. The van der Waals surface area contributed by atoms with E-state index in [1.54, 1.807) is 0 Å². The molecule has 2 aromatic rings. The van der Waals surface area contributed by atoms with Gasteiger partial charge >= 0.3 is 0 Å². The average molecular weight is 389 g/mol. The molecule has 0 aliphatic heterocycles. The number of amides is 1. The number of benzene rings is 2. The summed E-state index contributed by atoms with van der Waals surface area (Å²) in [6, 6.07) is 8.48. The molecule has 0 unspecified atom stereocenters. The highest BCUT2D eigenvalue weighted by Gasteiger charge is 2.18. The number of nitrogens with zero attached hydrogens (tertiary/aromatic N) is 1. The van der Waals surface area contributed by atoms with Crippen LogP contribution in [0.25, 0.3) is 0 Å². The van der Waals surface area contributed by atoms with Crippen molar-refractivity contribution in [1.29, 1.82) is 0 Å². The van der Waals surface area contributed by atoms with Crippen molar-refractivity contribution >= 4 is 33.2 Å². The van der Waals surface area contributed by atoms with E-state index in [1.807, 2.05) is 0 Å². The van der Waals surface area contributed by atoms with E-state index in [0.29, 0.717) is 6.07 Å². The number of halogens is 3. The minimum Gasteiger partial charge on any atom is -0.309 e. The van der Waals surface area contributed by atoms with Crippen LogP contribution in [0.1, 0.15) is 6.92 Å². The Morgan fingerprint density at radius 1 is 1.20 bits per heavy atom.